The molecule has 2 aromatic heterocycles. The van der Waals surface area contributed by atoms with Crippen molar-refractivity contribution in [2.75, 3.05) is 24.6 Å². The summed E-state index contributed by atoms with van der Waals surface area (Å²) in [5.74, 6) is 0.871. The van der Waals surface area contributed by atoms with Crippen LogP contribution in [0.1, 0.15) is 40.5 Å². The Kier molecular flexibility index (Phi) is 4.83. The molecule has 0 spiro atoms. The number of imidazole rings is 1. The molecule has 2 fully saturated rings. The fourth-order valence-electron chi connectivity index (χ4n) is 4.64. The lowest BCUT2D eigenvalue weighted by atomic mass is 9.97. The Bertz CT molecular complexity index is 987. The van der Waals surface area contributed by atoms with Crippen LogP contribution in [0.2, 0.25) is 0 Å². The van der Waals surface area contributed by atoms with Crippen LogP contribution in [-0.4, -0.2) is 56.9 Å². The summed E-state index contributed by atoms with van der Waals surface area (Å²) in [5.41, 5.74) is 1.54. The number of carbonyl (C=O) groups is 1. The van der Waals surface area contributed by atoms with Gasteiger partial charge >= 0.3 is 11.8 Å². The lowest BCUT2D eigenvalue weighted by Crippen LogP contribution is -2.41. The number of likely N-dealkylation sites (tertiary alicyclic amines) is 1. The zero-order chi connectivity index (χ0) is 20.9. The second-order valence-corrected chi connectivity index (χ2v) is 9.38. The molecule has 0 N–H and O–H groups in total. The van der Waals surface area contributed by atoms with Crippen molar-refractivity contribution in [3.05, 3.63) is 22.6 Å². The third-order valence-electron chi connectivity index (χ3n) is 5.93. The summed E-state index contributed by atoms with van der Waals surface area (Å²) in [4.78, 5) is 34.0. The number of hydrogen-bond acceptors (Lipinski definition) is 5. The number of piperidine rings is 1. The van der Waals surface area contributed by atoms with Crippen molar-refractivity contribution < 1.29 is 9.53 Å². The third-order valence-corrected chi connectivity index (χ3v) is 5.93. The highest BCUT2D eigenvalue weighted by Crippen LogP contribution is 2.33. The molecule has 0 radical (unpaired) electrons. The number of nitrogens with zero attached hydrogens (tertiary/aromatic N) is 5. The lowest BCUT2D eigenvalue weighted by Gasteiger charge is -2.33. The molecule has 0 aromatic carbocycles. The molecule has 2 unspecified atom stereocenters. The molecule has 2 bridgehead atoms. The van der Waals surface area contributed by atoms with Gasteiger partial charge in [-0.3, -0.25) is 9.13 Å². The zero-order valence-corrected chi connectivity index (χ0v) is 18.0. The minimum atomic E-state index is -0.216. The number of carbonyl (C=O) groups excluding carboxylic acids is 1. The average molecular weight is 402 g/mol. The first-order valence-corrected chi connectivity index (χ1v) is 10.5. The van der Waals surface area contributed by atoms with E-state index in [1.807, 2.05) is 28.5 Å². The van der Waals surface area contributed by atoms with Crippen molar-refractivity contribution in [1.82, 2.24) is 19.0 Å². The van der Waals surface area contributed by atoms with Crippen molar-refractivity contribution >= 4 is 23.1 Å². The Morgan fingerprint density at radius 1 is 1.28 bits per heavy atom. The average Bonchev–Trinajstić information content (AvgIpc) is 3.11. The van der Waals surface area contributed by atoms with E-state index in [1.165, 1.54) is 0 Å². The van der Waals surface area contributed by atoms with E-state index in [1.54, 1.807) is 11.6 Å². The monoisotopic (exact) mass is 401 g/mol. The van der Waals surface area contributed by atoms with Crippen molar-refractivity contribution in [2.24, 2.45) is 12.5 Å². The molecule has 0 saturated carbocycles. The third kappa shape index (κ3) is 3.49. The molecule has 4 heterocycles. The van der Waals surface area contributed by atoms with Crippen LogP contribution in [0.25, 0.3) is 11.2 Å². The summed E-state index contributed by atoms with van der Waals surface area (Å²) in [6, 6.07) is 4.50. The molecular formula is C21H31N5O3. The van der Waals surface area contributed by atoms with Crippen LogP contribution in [0.3, 0.4) is 0 Å². The first-order valence-electron chi connectivity index (χ1n) is 10.5. The summed E-state index contributed by atoms with van der Waals surface area (Å²) in [6.07, 6.45) is 1.62. The molecule has 158 valence electrons. The Morgan fingerprint density at radius 3 is 2.72 bits per heavy atom. The molecular weight excluding hydrogens is 370 g/mol. The largest absolute Gasteiger partial charge is 0.450 e. The van der Waals surface area contributed by atoms with Crippen LogP contribution in [0.4, 0.5) is 10.6 Å². The first-order chi connectivity index (χ1) is 13.7. The minimum absolute atomic E-state index is 0.000925. The SMILES string of the molecule is CCOC(=O)N1CC2CC1CCN2c1ccc2c(n1)n(C)c(=O)n2CC(C)(C)C. The van der Waals surface area contributed by atoms with Gasteiger partial charge in [-0.2, -0.15) is 0 Å². The quantitative estimate of drug-likeness (QED) is 0.790. The number of fused-ring (bicyclic) bond motifs is 3. The van der Waals surface area contributed by atoms with Crippen molar-refractivity contribution in [1.29, 1.82) is 0 Å². The van der Waals surface area contributed by atoms with Gasteiger partial charge in [0.25, 0.3) is 0 Å². The molecule has 2 saturated heterocycles. The number of aryl methyl sites for hydroxylation is 1. The van der Waals surface area contributed by atoms with Crippen LogP contribution in [0.5, 0.6) is 0 Å². The van der Waals surface area contributed by atoms with Crippen molar-refractivity contribution in [3.63, 3.8) is 0 Å². The molecule has 1 amide bonds. The van der Waals surface area contributed by atoms with E-state index in [4.69, 9.17) is 9.72 Å². The molecule has 29 heavy (non-hydrogen) atoms. The number of pyridine rings is 1. The highest BCUT2D eigenvalue weighted by atomic mass is 16.6. The highest BCUT2D eigenvalue weighted by Gasteiger charge is 2.42. The second kappa shape index (κ2) is 7.07. The summed E-state index contributed by atoms with van der Waals surface area (Å²) in [7, 11) is 1.78. The number of amides is 1. The molecule has 2 aromatic rings. The van der Waals surface area contributed by atoms with E-state index in [9.17, 15) is 9.59 Å². The topological polar surface area (TPSA) is 72.6 Å². The van der Waals surface area contributed by atoms with Crippen molar-refractivity contribution in [2.45, 2.75) is 59.2 Å². The molecule has 2 aliphatic heterocycles. The molecule has 8 nitrogen and oxygen atoms in total. The van der Waals surface area contributed by atoms with Crippen LogP contribution in [0, 0.1) is 5.41 Å². The number of anilines is 1. The maximum Gasteiger partial charge on any atom is 0.410 e. The van der Waals surface area contributed by atoms with Gasteiger partial charge in [-0.05, 0) is 37.3 Å². The number of rotatable bonds is 3. The van der Waals surface area contributed by atoms with Crippen LogP contribution >= 0.6 is 0 Å². The Labute approximate surface area is 171 Å². The Hall–Kier alpha value is -2.51. The molecule has 2 aliphatic rings. The fraction of sp³-hybridized carbons (Fsp3) is 0.667. The predicted molar refractivity (Wildman–Crippen MR) is 112 cm³/mol. The summed E-state index contributed by atoms with van der Waals surface area (Å²) in [5, 5.41) is 0. The minimum Gasteiger partial charge on any atom is -0.450 e. The summed E-state index contributed by atoms with van der Waals surface area (Å²) in [6.45, 7) is 10.8. The van der Waals surface area contributed by atoms with Gasteiger partial charge in [0, 0.05) is 32.7 Å². The van der Waals surface area contributed by atoms with E-state index in [-0.39, 0.29) is 29.3 Å². The van der Waals surface area contributed by atoms with Gasteiger partial charge in [0.1, 0.15) is 5.82 Å². The van der Waals surface area contributed by atoms with Crippen LogP contribution in [-0.2, 0) is 18.3 Å². The normalized spacial score (nSPS) is 21.8. The standard InChI is InChI=1S/C21H31N5O3/c1-6-29-20(28)25-12-15-11-14(25)9-10-24(15)17-8-7-16-18(22-17)23(5)19(27)26(16)13-21(2,3)4/h7-8,14-15H,6,9-13H2,1-5H3. The molecule has 2 atom stereocenters. The fourth-order valence-corrected chi connectivity index (χ4v) is 4.64. The van der Waals surface area contributed by atoms with E-state index in [0.29, 0.717) is 25.3 Å². The van der Waals surface area contributed by atoms with Gasteiger partial charge < -0.3 is 14.5 Å². The van der Waals surface area contributed by atoms with Gasteiger partial charge in [0.15, 0.2) is 5.65 Å². The van der Waals surface area contributed by atoms with Crippen molar-refractivity contribution in [3.8, 4) is 0 Å². The number of ether oxygens (including phenoxy) is 1. The van der Waals surface area contributed by atoms with Gasteiger partial charge in [-0.25, -0.2) is 14.6 Å². The smallest absolute Gasteiger partial charge is 0.410 e. The maximum absolute atomic E-state index is 12.8. The van der Waals surface area contributed by atoms with E-state index < -0.39 is 0 Å². The molecule has 8 heteroatoms. The predicted octanol–water partition coefficient (Wildman–Crippen LogP) is 2.59. The number of aromatic nitrogens is 3. The van der Waals surface area contributed by atoms with Gasteiger partial charge in [0.2, 0.25) is 0 Å². The summed E-state index contributed by atoms with van der Waals surface area (Å²) < 4.78 is 8.67. The first kappa shape index (κ1) is 19.8. The van der Waals surface area contributed by atoms with Gasteiger partial charge in [-0.15, -0.1) is 0 Å². The lowest BCUT2D eigenvalue weighted by molar-refractivity contribution is 0.103. The van der Waals surface area contributed by atoms with Crippen LogP contribution in [0.15, 0.2) is 16.9 Å². The Balaban J connectivity index is 1.63. The molecule has 4 rings (SSSR count). The summed E-state index contributed by atoms with van der Waals surface area (Å²) >= 11 is 0. The van der Waals surface area contributed by atoms with Gasteiger partial charge in [0.05, 0.1) is 18.2 Å². The second-order valence-electron chi connectivity index (χ2n) is 9.38. The van der Waals surface area contributed by atoms with Crippen LogP contribution < -0.4 is 10.6 Å². The highest BCUT2D eigenvalue weighted by molar-refractivity contribution is 5.74. The number of hydrogen-bond donors (Lipinski definition) is 0. The zero-order valence-electron chi connectivity index (χ0n) is 18.0. The van der Waals surface area contributed by atoms with E-state index in [0.717, 1.165) is 30.7 Å². The molecule has 0 aliphatic carbocycles. The maximum atomic E-state index is 12.8. The van der Waals surface area contributed by atoms with E-state index in [2.05, 4.69) is 25.7 Å². The van der Waals surface area contributed by atoms with E-state index >= 15 is 0 Å². The Morgan fingerprint density at radius 2 is 2.03 bits per heavy atom. The van der Waals surface area contributed by atoms with Gasteiger partial charge in [-0.1, -0.05) is 20.8 Å².